The summed E-state index contributed by atoms with van der Waals surface area (Å²) in [4.78, 5) is 13.1. The molecule has 0 spiro atoms. The molecular weight excluding hydrogens is 297 g/mol. The van der Waals surface area contributed by atoms with Crippen molar-refractivity contribution < 1.29 is 9.18 Å². The van der Waals surface area contributed by atoms with Crippen LogP contribution in [-0.2, 0) is 17.9 Å². The average molecular weight is 311 g/mol. The van der Waals surface area contributed by atoms with Gasteiger partial charge < -0.3 is 5.32 Å². The van der Waals surface area contributed by atoms with Crippen molar-refractivity contribution in [2.75, 3.05) is 0 Å². The first kappa shape index (κ1) is 14.8. The molecule has 0 radical (unpaired) electrons. The van der Waals surface area contributed by atoms with E-state index in [0.29, 0.717) is 11.4 Å². The van der Waals surface area contributed by atoms with E-state index in [-0.39, 0.29) is 24.8 Å². The zero-order valence-corrected chi connectivity index (χ0v) is 12.2. The third-order valence-corrected chi connectivity index (χ3v) is 3.20. The van der Waals surface area contributed by atoms with Gasteiger partial charge in [0.25, 0.3) is 0 Å². The number of amides is 1. The fraction of sp³-hybridized carbons (Fsp3) is 0.125. The summed E-state index contributed by atoms with van der Waals surface area (Å²) < 4.78 is 13.5. The number of benzene rings is 2. The minimum atomic E-state index is -0.349. The number of nitrogens with one attached hydrogen (secondary N) is 1. The van der Waals surface area contributed by atoms with Gasteiger partial charge in [-0.05, 0) is 11.3 Å². The molecule has 0 saturated heterocycles. The second kappa shape index (κ2) is 6.78. The quantitative estimate of drug-likeness (QED) is 0.780. The van der Waals surface area contributed by atoms with Crippen molar-refractivity contribution in [3.05, 3.63) is 66.0 Å². The van der Waals surface area contributed by atoms with Crippen molar-refractivity contribution in [2.24, 2.45) is 0 Å². The van der Waals surface area contributed by atoms with E-state index in [9.17, 15) is 9.18 Å². The Hall–Kier alpha value is -3.09. The molecule has 2 aromatic carbocycles. The lowest BCUT2D eigenvalue weighted by atomic mass is 10.2. The van der Waals surface area contributed by atoms with Crippen LogP contribution >= 0.6 is 0 Å². The largest absolute Gasteiger partial charge is 0.350 e. The van der Waals surface area contributed by atoms with Crippen LogP contribution in [0.1, 0.15) is 5.56 Å². The molecule has 0 fully saturated rings. The number of tetrazole rings is 1. The Labute approximate surface area is 132 Å². The SMILES string of the molecule is O=C(Cn1nnc(-c2ccccc2)n1)NCc1ccccc1F. The van der Waals surface area contributed by atoms with Crippen LogP contribution in [0, 0.1) is 5.82 Å². The van der Waals surface area contributed by atoms with Crippen molar-refractivity contribution in [3.8, 4) is 11.4 Å². The average Bonchev–Trinajstić information content (AvgIpc) is 3.03. The number of hydrogen-bond donors (Lipinski definition) is 1. The molecular formula is C16H14FN5O. The zero-order valence-electron chi connectivity index (χ0n) is 12.2. The summed E-state index contributed by atoms with van der Waals surface area (Å²) in [6.45, 7) is 0.0417. The van der Waals surface area contributed by atoms with Crippen molar-refractivity contribution >= 4 is 5.91 Å². The first-order valence-electron chi connectivity index (χ1n) is 7.06. The van der Waals surface area contributed by atoms with Crippen molar-refractivity contribution in [2.45, 2.75) is 13.1 Å². The van der Waals surface area contributed by atoms with Crippen LogP contribution in [0.5, 0.6) is 0 Å². The Morgan fingerprint density at radius 3 is 2.61 bits per heavy atom. The van der Waals surface area contributed by atoms with Crippen molar-refractivity contribution in [1.29, 1.82) is 0 Å². The molecule has 0 atom stereocenters. The van der Waals surface area contributed by atoms with Crippen LogP contribution in [0.25, 0.3) is 11.4 Å². The highest BCUT2D eigenvalue weighted by molar-refractivity contribution is 5.75. The van der Waals surface area contributed by atoms with Gasteiger partial charge in [0.2, 0.25) is 11.7 Å². The highest BCUT2D eigenvalue weighted by Gasteiger charge is 2.09. The summed E-state index contributed by atoms with van der Waals surface area (Å²) >= 11 is 0. The molecule has 7 heteroatoms. The maximum absolute atomic E-state index is 13.5. The Morgan fingerprint density at radius 1 is 1.09 bits per heavy atom. The lowest BCUT2D eigenvalue weighted by molar-refractivity contribution is -0.122. The van der Waals surface area contributed by atoms with E-state index in [0.717, 1.165) is 5.56 Å². The molecule has 3 aromatic rings. The zero-order chi connectivity index (χ0) is 16.1. The predicted octanol–water partition coefficient (Wildman–Crippen LogP) is 1.80. The van der Waals surface area contributed by atoms with E-state index < -0.39 is 0 Å². The van der Waals surface area contributed by atoms with Gasteiger partial charge in [0.1, 0.15) is 12.4 Å². The van der Waals surface area contributed by atoms with E-state index in [1.54, 1.807) is 18.2 Å². The topological polar surface area (TPSA) is 72.7 Å². The number of nitrogens with zero attached hydrogens (tertiary/aromatic N) is 4. The molecule has 0 bridgehead atoms. The number of carbonyl (C=O) groups excluding carboxylic acids is 1. The van der Waals surface area contributed by atoms with Crippen molar-refractivity contribution in [3.63, 3.8) is 0 Å². The highest BCUT2D eigenvalue weighted by atomic mass is 19.1. The van der Waals surface area contributed by atoms with Gasteiger partial charge in [0.15, 0.2) is 0 Å². The summed E-state index contributed by atoms with van der Waals surface area (Å²) in [6, 6.07) is 15.7. The molecule has 116 valence electrons. The molecule has 0 aliphatic carbocycles. The fourth-order valence-corrected chi connectivity index (χ4v) is 2.03. The van der Waals surface area contributed by atoms with Gasteiger partial charge in [-0.15, -0.1) is 10.2 Å². The maximum Gasteiger partial charge on any atom is 0.243 e. The number of hydrogen-bond acceptors (Lipinski definition) is 4. The number of carbonyl (C=O) groups is 1. The second-order valence-electron chi connectivity index (χ2n) is 4.88. The Bertz CT molecular complexity index is 803. The van der Waals surface area contributed by atoms with Crippen LogP contribution in [0.15, 0.2) is 54.6 Å². The smallest absolute Gasteiger partial charge is 0.243 e. The van der Waals surface area contributed by atoms with Crippen LogP contribution in [-0.4, -0.2) is 26.1 Å². The van der Waals surface area contributed by atoms with Gasteiger partial charge in [0, 0.05) is 17.7 Å². The van der Waals surface area contributed by atoms with E-state index in [4.69, 9.17) is 0 Å². The van der Waals surface area contributed by atoms with Gasteiger partial charge in [-0.2, -0.15) is 4.80 Å². The molecule has 0 aliphatic heterocycles. The number of aromatic nitrogens is 4. The lowest BCUT2D eigenvalue weighted by Gasteiger charge is -2.05. The van der Waals surface area contributed by atoms with E-state index >= 15 is 0 Å². The Morgan fingerprint density at radius 2 is 1.83 bits per heavy atom. The molecule has 1 heterocycles. The lowest BCUT2D eigenvalue weighted by Crippen LogP contribution is -2.28. The molecule has 0 aliphatic rings. The monoisotopic (exact) mass is 311 g/mol. The second-order valence-corrected chi connectivity index (χ2v) is 4.88. The summed E-state index contributed by atoms with van der Waals surface area (Å²) in [5.41, 5.74) is 1.25. The molecule has 1 N–H and O–H groups in total. The fourth-order valence-electron chi connectivity index (χ4n) is 2.03. The number of rotatable bonds is 5. The molecule has 1 amide bonds. The van der Waals surface area contributed by atoms with Gasteiger partial charge in [-0.3, -0.25) is 4.79 Å². The Kier molecular flexibility index (Phi) is 4.37. The van der Waals surface area contributed by atoms with Crippen LogP contribution in [0.4, 0.5) is 4.39 Å². The van der Waals surface area contributed by atoms with Gasteiger partial charge >= 0.3 is 0 Å². The molecule has 0 saturated carbocycles. The van der Waals surface area contributed by atoms with Crippen molar-refractivity contribution in [1.82, 2.24) is 25.5 Å². The van der Waals surface area contributed by atoms with Crippen LogP contribution in [0.3, 0.4) is 0 Å². The molecule has 1 aromatic heterocycles. The molecule has 3 rings (SSSR count). The predicted molar refractivity (Wildman–Crippen MR) is 81.5 cm³/mol. The standard InChI is InChI=1S/C16H14FN5O/c17-14-9-5-4-8-13(14)10-18-15(23)11-22-20-16(19-21-22)12-6-2-1-3-7-12/h1-9H,10-11H2,(H,18,23). The minimum Gasteiger partial charge on any atom is -0.350 e. The van der Waals surface area contributed by atoms with E-state index in [1.807, 2.05) is 30.3 Å². The summed E-state index contributed by atoms with van der Waals surface area (Å²) in [7, 11) is 0. The molecule has 6 nitrogen and oxygen atoms in total. The highest BCUT2D eigenvalue weighted by Crippen LogP contribution is 2.11. The third-order valence-electron chi connectivity index (χ3n) is 3.20. The first-order valence-corrected chi connectivity index (χ1v) is 7.06. The summed E-state index contributed by atoms with van der Waals surface area (Å²) in [5.74, 6) is -0.212. The van der Waals surface area contributed by atoms with Gasteiger partial charge in [0.05, 0.1) is 0 Å². The minimum absolute atomic E-state index is 0.0751. The van der Waals surface area contributed by atoms with Gasteiger partial charge in [-0.1, -0.05) is 48.5 Å². The Balaban J connectivity index is 1.58. The van der Waals surface area contributed by atoms with Gasteiger partial charge in [-0.25, -0.2) is 4.39 Å². The number of halogens is 1. The third kappa shape index (κ3) is 3.76. The van der Waals surface area contributed by atoms with Crippen LogP contribution in [0.2, 0.25) is 0 Å². The molecule has 23 heavy (non-hydrogen) atoms. The first-order chi connectivity index (χ1) is 11.2. The van der Waals surface area contributed by atoms with E-state index in [2.05, 4.69) is 20.7 Å². The maximum atomic E-state index is 13.5. The summed E-state index contributed by atoms with van der Waals surface area (Å²) in [6.07, 6.45) is 0. The van der Waals surface area contributed by atoms with E-state index in [1.165, 1.54) is 10.9 Å². The molecule has 0 unspecified atom stereocenters. The normalized spacial score (nSPS) is 10.5. The van der Waals surface area contributed by atoms with Crippen LogP contribution < -0.4 is 5.32 Å². The summed E-state index contributed by atoms with van der Waals surface area (Å²) in [5, 5.41) is 14.5.